The van der Waals surface area contributed by atoms with Crippen molar-refractivity contribution in [2.75, 3.05) is 6.61 Å². The fourth-order valence-corrected chi connectivity index (χ4v) is 2.65. The van der Waals surface area contributed by atoms with E-state index in [0.717, 1.165) is 5.56 Å². The van der Waals surface area contributed by atoms with Gasteiger partial charge >= 0.3 is 0 Å². The Balaban J connectivity index is 1.93. The molecule has 23 heavy (non-hydrogen) atoms. The van der Waals surface area contributed by atoms with Gasteiger partial charge in [0, 0.05) is 0 Å². The zero-order valence-electron chi connectivity index (χ0n) is 14.3. The van der Waals surface area contributed by atoms with Crippen molar-refractivity contribution >= 4 is 17.6 Å². The summed E-state index contributed by atoms with van der Waals surface area (Å²) in [6.45, 7) is 8.30. The summed E-state index contributed by atoms with van der Waals surface area (Å²) in [5, 5.41) is 0. The lowest BCUT2D eigenvalue weighted by Crippen LogP contribution is -2.26. The summed E-state index contributed by atoms with van der Waals surface area (Å²) in [5.41, 5.74) is 0.998. The SMILES string of the molecule is C[C@H](/C=N/[S@@+]([O-])C(C)(C)C)Cc1ccc(F)c(OCC2CC2)c1. The van der Waals surface area contributed by atoms with Gasteiger partial charge in [0.25, 0.3) is 0 Å². The second-order valence-corrected chi connectivity index (χ2v) is 9.25. The van der Waals surface area contributed by atoms with Gasteiger partial charge in [-0.2, -0.15) is 0 Å². The van der Waals surface area contributed by atoms with Crippen molar-refractivity contribution in [1.82, 2.24) is 0 Å². The summed E-state index contributed by atoms with van der Waals surface area (Å²) >= 11 is -1.24. The van der Waals surface area contributed by atoms with Crippen molar-refractivity contribution in [3.63, 3.8) is 0 Å². The third kappa shape index (κ3) is 6.15. The van der Waals surface area contributed by atoms with E-state index in [0.29, 0.717) is 24.7 Å². The van der Waals surface area contributed by atoms with E-state index >= 15 is 0 Å². The van der Waals surface area contributed by atoms with E-state index in [9.17, 15) is 8.94 Å². The molecule has 5 heteroatoms. The molecule has 128 valence electrons. The van der Waals surface area contributed by atoms with Crippen LogP contribution in [0.25, 0.3) is 0 Å². The predicted molar refractivity (Wildman–Crippen MR) is 93.9 cm³/mol. The average molecular weight is 339 g/mol. The van der Waals surface area contributed by atoms with Crippen LogP contribution in [0.15, 0.2) is 22.6 Å². The summed E-state index contributed by atoms with van der Waals surface area (Å²) in [6.07, 6.45) is 4.81. The molecule has 1 aliphatic carbocycles. The number of benzene rings is 1. The van der Waals surface area contributed by atoms with E-state index in [2.05, 4.69) is 4.40 Å². The highest BCUT2D eigenvalue weighted by atomic mass is 32.2. The molecule has 0 spiro atoms. The third-order valence-electron chi connectivity index (χ3n) is 3.66. The number of ether oxygens (including phenoxy) is 1. The van der Waals surface area contributed by atoms with Gasteiger partial charge in [-0.3, -0.25) is 0 Å². The Kier molecular flexibility index (Phi) is 6.09. The summed E-state index contributed by atoms with van der Waals surface area (Å²) in [7, 11) is 0. The minimum atomic E-state index is -1.24. The smallest absolute Gasteiger partial charge is 0.165 e. The molecule has 1 fully saturated rings. The van der Waals surface area contributed by atoms with Crippen LogP contribution in [0.1, 0.15) is 46.1 Å². The van der Waals surface area contributed by atoms with Crippen molar-refractivity contribution in [2.45, 2.75) is 51.7 Å². The maximum atomic E-state index is 13.8. The molecular formula is C18H26FNO2S. The lowest BCUT2D eigenvalue weighted by molar-refractivity contribution is 0.285. The first-order valence-corrected chi connectivity index (χ1v) is 9.24. The van der Waals surface area contributed by atoms with Gasteiger partial charge < -0.3 is 9.29 Å². The topological polar surface area (TPSA) is 44.7 Å². The second-order valence-electron chi connectivity index (χ2n) is 7.32. The van der Waals surface area contributed by atoms with Gasteiger partial charge in [0.2, 0.25) is 0 Å². The minimum Gasteiger partial charge on any atom is -0.591 e. The highest BCUT2D eigenvalue weighted by Crippen LogP contribution is 2.30. The number of rotatable bonds is 7. The average Bonchev–Trinajstić information content (AvgIpc) is 3.28. The van der Waals surface area contributed by atoms with Crippen LogP contribution >= 0.6 is 0 Å². The quantitative estimate of drug-likeness (QED) is 0.548. The standard InChI is InChI=1S/C18H26FNO2S/c1-13(11-20-23(21)18(2,3)4)9-15-7-8-16(19)17(10-15)22-12-14-5-6-14/h7-8,10-11,13-14H,5-6,9,12H2,1-4H3/b20-11+/t13-,23-/m0/s1. The first-order chi connectivity index (χ1) is 10.8. The summed E-state index contributed by atoms with van der Waals surface area (Å²) in [6, 6.07) is 4.99. The first kappa shape index (κ1) is 18.3. The summed E-state index contributed by atoms with van der Waals surface area (Å²) < 4.78 is 35.0. The zero-order valence-corrected chi connectivity index (χ0v) is 15.2. The molecule has 0 bridgehead atoms. The Morgan fingerprint density at radius 3 is 2.74 bits per heavy atom. The van der Waals surface area contributed by atoms with E-state index < -0.39 is 11.4 Å². The highest BCUT2D eigenvalue weighted by molar-refractivity contribution is 7.91. The molecule has 0 amide bonds. The van der Waals surface area contributed by atoms with Crippen LogP contribution in [-0.4, -0.2) is 22.1 Å². The van der Waals surface area contributed by atoms with Gasteiger partial charge in [0.1, 0.15) is 16.1 Å². The normalized spacial score (nSPS) is 18.2. The molecule has 1 aromatic rings. The Hall–Kier alpha value is -1.07. The van der Waals surface area contributed by atoms with Gasteiger partial charge in [-0.25, -0.2) is 4.39 Å². The van der Waals surface area contributed by atoms with Crippen LogP contribution in [0, 0.1) is 17.7 Å². The largest absolute Gasteiger partial charge is 0.591 e. The predicted octanol–water partition coefficient (Wildman–Crippen LogP) is 4.33. The van der Waals surface area contributed by atoms with Gasteiger partial charge in [-0.1, -0.05) is 17.4 Å². The fraction of sp³-hybridized carbons (Fsp3) is 0.611. The van der Waals surface area contributed by atoms with Gasteiger partial charge in [-0.15, -0.1) is 0 Å². The summed E-state index contributed by atoms with van der Waals surface area (Å²) in [5.74, 6) is 0.737. The van der Waals surface area contributed by atoms with E-state index in [1.54, 1.807) is 18.3 Å². The maximum absolute atomic E-state index is 13.8. The van der Waals surface area contributed by atoms with Crippen LogP contribution in [0.4, 0.5) is 4.39 Å². The second kappa shape index (κ2) is 7.67. The van der Waals surface area contributed by atoms with Crippen molar-refractivity contribution in [2.24, 2.45) is 16.2 Å². The van der Waals surface area contributed by atoms with Gasteiger partial charge in [0.15, 0.2) is 11.6 Å². The van der Waals surface area contributed by atoms with Crippen LogP contribution in [-0.2, 0) is 17.8 Å². The van der Waals surface area contributed by atoms with E-state index in [1.807, 2.05) is 27.7 Å². The van der Waals surface area contributed by atoms with E-state index in [-0.39, 0.29) is 16.5 Å². The fourth-order valence-electron chi connectivity index (χ4n) is 2.02. The summed E-state index contributed by atoms with van der Waals surface area (Å²) in [4.78, 5) is 0. The first-order valence-electron chi connectivity index (χ1n) is 8.13. The van der Waals surface area contributed by atoms with Crippen LogP contribution in [0.5, 0.6) is 5.75 Å². The molecule has 0 N–H and O–H groups in total. The van der Waals surface area contributed by atoms with Crippen molar-refractivity contribution in [3.05, 3.63) is 29.6 Å². The molecule has 0 saturated heterocycles. The van der Waals surface area contributed by atoms with Crippen molar-refractivity contribution < 1.29 is 13.7 Å². The highest BCUT2D eigenvalue weighted by Gasteiger charge is 2.26. The lowest BCUT2D eigenvalue weighted by atomic mass is 10.0. The van der Waals surface area contributed by atoms with Crippen LogP contribution in [0.2, 0.25) is 0 Å². The van der Waals surface area contributed by atoms with Crippen LogP contribution in [0.3, 0.4) is 0 Å². The molecule has 0 radical (unpaired) electrons. The molecule has 0 aliphatic heterocycles. The Labute approximate surface area is 141 Å². The third-order valence-corrected chi connectivity index (χ3v) is 5.02. The molecule has 0 unspecified atom stereocenters. The lowest BCUT2D eigenvalue weighted by Gasteiger charge is -2.18. The molecule has 0 heterocycles. The maximum Gasteiger partial charge on any atom is 0.165 e. The monoisotopic (exact) mass is 339 g/mol. The van der Waals surface area contributed by atoms with Crippen LogP contribution < -0.4 is 4.74 Å². The minimum absolute atomic E-state index is 0.128. The molecule has 1 aliphatic rings. The molecular weight excluding hydrogens is 313 g/mol. The molecule has 1 saturated carbocycles. The molecule has 3 nitrogen and oxygen atoms in total. The van der Waals surface area contributed by atoms with E-state index in [1.165, 1.54) is 18.9 Å². The zero-order chi connectivity index (χ0) is 17.0. The number of hydrogen-bond acceptors (Lipinski definition) is 3. The number of nitrogens with zero attached hydrogens (tertiary/aromatic N) is 1. The molecule has 2 atom stereocenters. The molecule has 2 rings (SSSR count). The number of hydrogen-bond donors (Lipinski definition) is 0. The van der Waals surface area contributed by atoms with Crippen molar-refractivity contribution in [3.8, 4) is 5.75 Å². The van der Waals surface area contributed by atoms with E-state index in [4.69, 9.17) is 4.74 Å². The molecule has 0 aromatic heterocycles. The van der Waals surface area contributed by atoms with Gasteiger partial charge in [0.05, 0.1) is 12.8 Å². The number of halogens is 1. The molecule has 1 aromatic carbocycles. The van der Waals surface area contributed by atoms with Crippen molar-refractivity contribution in [1.29, 1.82) is 0 Å². The Bertz CT molecular complexity index is 552. The van der Waals surface area contributed by atoms with Gasteiger partial charge in [-0.05, 0) is 69.6 Å². The Morgan fingerprint density at radius 1 is 1.43 bits per heavy atom. The Morgan fingerprint density at radius 2 is 2.13 bits per heavy atom.